The Morgan fingerprint density at radius 2 is 2.12 bits per heavy atom. The maximum atomic E-state index is 12.6. The summed E-state index contributed by atoms with van der Waals surface area (Å²) in [5, 5.41) is 6.62. The minimum absolute atomic E-state index is 0.0743. The molecule has 138 valence electrons. The molecule has 9 heteroatoms. The van der Waals surface area contributed by atoms with E-state index in [0.29, 0.717) is 22.1 Å². The van der Waals surface area contributed by atoms with Gasteiger partial charge in [0.15, 0.2) is 0 Å². The molecule has 1 amide bonds. The number of carbonyl (C=O) groups excluding carboxylic acids is 1. The van der Waals surface area contributed by atoms with E-state index in [9.17, 15) is 13.2 Å². The zero-order valence-corrected chi connectivity index (χ0v) is 15.8. The van der Waals surface area contributed by atoms with Crippen LogP contribution in [0.15, 0.2) is 46.5 Å². The number of sulfonamides is 1. The molecule has 0 spiro atoms. The molecule has 0 saturated heterocycles. The molecule has 0 radical (unpaired) electrons. The van der Waals surface area contributed by atoms with Gasteiger partial charge in [0.1, 0.15) is 5.84 Å². The minimum Gasteiger partial charge on any atom is -0.383 e. The number of rotatable bonds is 5. The third kappa shape index (κ3) is 4.25. The fraction of sp³-hybridized carbons (Fsp3) is 0.294. The number of nitrogens with zero attached hydrogens (tertiary/aromatic N) is 2. The first kappa shape index (κ1) is 18.5. The number of amidine groups is 1. The quantitative estimate of drug-likeness (QED) is 0.801. The van der Waals surface area contributed by atoms with Crippen LogP contribution < -0.4 is 10.6 Å². The number of amides is 1. The molecule has 2 N–H and O–H groups in total. The van der Waals surface area contributed by atoms with Crippen LogP contribution in [0.1, 0.15) is 13.3 Å². The number of benzene rings is 1. The van der Waals surface area contributed by atoms with Gasteiger partial charge < -0.3 is 15.5 Å². The smallest absolute Gasteiger partial charge is 0.257 e. The van der Waals surface area contributed by atoms with Gasteiger partial charge in [-0.15, -0.1) is 4.40 Å². The number of hydrogen-bond acceptors (Lipinski definition) is 5. The average Bonchev–Trinajstić information content (AvgIpc) is 2.60. The molecule has 2 heterocycles. The predicted molar refractivity (Wildman–Crippen MR) is 104 cm³/mol. The molecule has 1 aromatic rings. The van der Waals surface area contributed by atoms with E-state index in [1.165, 1.54) is 6.08 Å². The van der Waals surface area contributed by atoms with Crippen molar-refractivity contribution >= 4 is 44.7 Å². The van der Waals surface area contributed by atoms with E-state index in [1.54, 1.807) is 29.3 Å². The monoisotopic (exact) mass is 394 g/mol. The lowest BCUT2D eigenvalue weighted by atomic mass is 10.1. The average molecular weight is 395 g/mol. The first-order valence-electron chi connectivity index (χ1n) is 8.22. The molecule has 0 atom stereocenters. The molecule has 2 aliphatic rings. The Balaban J connectivity index is 1.79. The number of hydrogen-bond donors (Lipinski definition) is 2. The van der Waals surface area contributed by atoms with Crippen LogP contribution in [0.3, 0.4) is 0 Å². The van der Waals surface area contributed by atoms with E-state index >= 15 is 0 Å². The van der Waals surface area contributed by atoms with E-state index in [0.717, 1.165) is 18.7 Å². The lowest BCUT2D eigenvalue weighted by Gasteiger charge is -2.27. The standard InChI is InChI=1S/C17H19ClN4O3S/c1-2-7-19-14-5-4-13(18)10-15(14)20-17(23)12-3-6-16-21-26(24,25)9-8-22(16)11-12/h3-6,10-11,19H,2,7-9H2,1H3,(H,20,23). The molecule has 0 saturated carbocycles. The van der Waals surface area contributed by atoms with Gasteiger partial charge in [-0.1, -0.05) is 18.5 Å². The third-order valence-electron chi connectivity index (χ3n) is 3.88. The molecule has 26 heavy (non-hydrogen) atoms. The topological polar surface area (TPSA) is 90.9 Å². The fourth-order valence-electron chi connectivity index (χ4n) is 2.56. The van der Waals surface area contributed by atoms with Crippen LogP contribution in [0, 0.1) is 0 Å². The second-order valence-electron chi connectivity index (χ2n) is 5.92. The number of carbonyl (C=O) groups is 1. The van der Waals surface area contributed by atoms with Gasteiger partial charge in [-0.2, -0.15) is 0 Å². The molecule has 0 aromatic heterocycles. The maximum absolute atomic E-state index is 12.6. The van der Waals surface area contributed by atoms with Crippen molar-refractivity contribution in [2.45, 2.75) is 13.3 Å². The number of fused-ring (bicyclic) bond motifs is 1. The van der Waals surface area contributed by atoms with Crippen molar-refractivity contribution in [3.8, 4) is 0 Å². The molecular formula is C17H19ClN4O3S. The molecule has 0 aliphatic carbocycles. The van der Waals surface area contributed by atoms with Crippen molar-refractivity contribution in [2.75, 3.05) is 29.5 Å². The van der Waals surface area contributed by atoms with Gasteiger partial charge in [0.2, 0.25) is 0 Å². The summed E-state index contributed by atoms with van der Waals surface area (Å²) in [7, 11) is -3.42. The maximum Gasteiger partial charge on any atom is 0.257 e. The normalized spacial score (nSPS) is 17.8. The van der Waals surface area contributed by atoms with Gasteiger partial charge in [-0.05, 0) is 36.8 Å². The lowest BCUT2D eigenvalue weighted by Crippen LogP contribution is -2.37. The molecule has 7 nitrogen and oxygen atoms in total. The molecule has 3 rings (SSSR count). The van der Waals surface area contributed by atoms with E-state index in [1.807, 2.05) is 6.07 Å². The first-order chi connectivity index (χ1) is 12.4. The Labute approximate surface area is 157 Å². The summed E-state index contributed by atoms with van der Waals surface area (Å²) in [5.41, 5.74) is 1.78. The van der Waals surface area contributed by atoms with Crippen LogP contribution in [0.25, 0.3) is 0 Å². The highest BCUT2D eigenvalue weighted by Gasteiger charge is 2.25. The van der Waals surface area contributed by atoms with Gasteiger partial charge in [0.25, 0.3) is 15.9 Å². The predicted octanol–water partition coefficient (Wildman–Crippen LogP) is 2.60. The zero-order chi connectivity index (χ0) is 18.7. The van der Waals surface area contributed by atoms with E-state index in [2.05, 4.69) is 22.0 Å². The van der Waals surface area contributed by atoms with E-state index in [-0.39, 0.29) is 18.2 Å². The van der Waals surface area contributed by atoms with Crippen molar-refractivity contribution < 1.29 is 13.2 Å². The number of halogens is 1. The van der Waals surface area contributed by atoms with Crippen LogP contribution in [0.2, 0.25) is 5.02 Å². The van der Waals surface area contributed by atoms with Gasteiger partial charge in [-0.25, -0.2) is 8.42 Å². The summed E-state index contributed by atoms with van der Waals surface area (Å²) in [6, 6.07) is 5.26. The molecule has 1 aromatic carbocycles. The van der Waals surface area contributed by atoms with Gasteiger partial charge in [-0.3, -0.25) is 4.79 Å². The first-order valence-corrected chi connectivity index (χ1v) is 10.2. The molecule has 0 bridgehead atoms. The SMILES string of the molecule is CCCNc1ccc(Cl)cc1NC(=O)C1=CN2CCS(=O)(=O)N=C2C=C1. The second kappa shape index (κ2) is 7.51. The van der Waals surface area contributed by atoms with Crippen LogP contribution in [-0.2, 0) is 14.8 Å². The van der Waals surface area contributed by atoms with Crippen LogP contribution in [0.5, 0.6) is 0 Å². The molecule has 0 unspecified atom stereocenters. The second-order valence-corrected chi connectivity index (χ2v) is 8.11. The molecule has 2 aliphatic heterocycles. The summed E-state index contributed by atoms with van der Waals surface area (Å²) < 4.78 is 26.8. The number of nitrogens with one attached hydrogen (secondary N) is 2. The Morgan fingerprint density at radius 1 is 1.31 bits per heavy atom. The third-order valence-corrected chi connectivity index (χ3v) is 5.28. The highest BCUT2D eigenvalue weighted by Crippen LogP contribution is 2.27. The van der Waals surface area contributed by atoms with Crippen molar-refractivity contribution in [3.63, 3.8) is 0 Å². The van der Waals surface area contributed by atoms with Gasteiger partial charge >= 0.3 is 0 Å². The Hall–Kier alpha value is -2.32. The van der Waals surface area contributed by atoms with Crippen LogP contribution in [0.4, 0.5) is 11.4 Å². The Kier molecular flexibility index (Phi) is 5.33. The van der Waals surface area contributed by atoms with Gasteiger partial charge in [0, 0.05) is 24.3 Å². The lowest BCUT2D eigenvalue weighted by molar-refractivity contribution is -0.112. The summed E-state index contributed by atoms with van der Waals surface area (Å²) in [6.45, 7) is 3.09. The zero-order valence-electron chi connectivity index (χ0n) is 14.2. The van der Waals surface area contributed by atoms with E-state index in [4.69, 9.17) is 11.6 Å². The highest BCUT2D eigenvalue weighted by atomic mass is 35.5. The van der Waals surface area contributed by atoms with Crippen LogP contribution in [-0.4, -0.2) is 43.9 Å². The summed E-state index contributed by atoms with van der Waals surface area (Å²) >= 11 is 6.05. The summed E-state index contributed by atoms with van der Waals surface area (Å²) in [6.07, 6.45) is 5.63. The summed E-state index contributed by atoms with van der Waals surface area (Å²) in [4.78, 5) is 14.3. The minimum atomic E-state index is -3.42. The van der Waals surface area contributed by atoms with Gasteiger partial charge in [0.05, 0.1) is 22.7 Å². The largest absolute Gasteiger partial charge is 0.383 e. The summed E-state index contributed by atoms with van der Waals surface area (Å²) in [5.74, 6) is -0.0637. The molecular weight excluding hydrogens is 376 g/mol. The van der Waals surface area contributed by atoms with E-state index < -0.39 is 10.0 Å². The van der Waals surface area contributed by atoms with Crippen molar-refractivity contribution in [3.05, 3.63) is 47.1 Å². The van der Waals surface area contributed by atoms with Crippen molar-refractivity contribution in [1.82, 2.24) is 4.90 Å². The Morgan fingerprint density at radius 3 is 2.88 bits per heavy atom. The van der Waals surface area contributed by atoms with Crippen molar-refractivity contribution in [2.24, 2.45) is 4.40 Å². The Bertz CT molecular complexity index is 922. The molecule has 0 fully saturated rings. The fourth-order valence-corrected chi connectivity index (χ4v) is 3.70. The highest BCUT2D eigenvalue weighted by molar-refractivity contribution is 7.90. The number of anilines is 2. The van der Waals surface area contributed by atoms with Crippen molar-refractivity contribution in [1.29, 1.82) is 0 Å². The van der Waals surface area contributed by atoms with Crippen LogP contribution >= 0.6 is 11.6 Å².